The summed E-state index contributed by atoms with van der Waals surface area (Å²) in [6.07, 6.45) is 1.06. The van der Waals surface area contributed by atoms with Crippen molar-refractivity contribution in [1.29, 1.82) is 0 Å². The van der Waals surface area contributed by atoms with Gasteiger partial charge in [-0.1, -0.05) is 18.2 Å². The van der Waals surface area contributed by atoms with Crippen molar-refractivity contribution >= 4 is 17.8 Å². The number of piperidine rings is 1. The first kappa shape index (κ1) is 23.2. The number of likely N-dealkylation sites (tertiary alicyclic amines) is 1. The van der Waals surface area contributed by atoms with Gasteiger partial charge in [0.2, 0.25) is 11.3 Å². The number of aryl methyl sites for hydroxylation is 1. The van der Waals surface area contributed by atoms with Gasteiger partial charge in [-0.05, 0) is 38.8 Å². The second-order valence-electron chi connectivity index (χ2n) is 7.81. The molecule has 170 valence electrons. The Morgan fingerprint density at radius 2 is 1.81 bits per heavy atom. The lowest BCUT2D eigenvalue weighted by molar-refractivity contribution is -0.151. The Balaban J connectivity index is 1.67. The fourth-order valence-corrected chi connectivity index (χ4v) is 3.71. The van der Waals surface area contributed by atoms with Crippen molar-refractivity contribution in [3.63, 3.8) is 0 Å². The zero-order valence-corrected chi connectivity index (χ0v) is 18.6. The van der Waals surface area contributed by atoms with Crippen LogP contribution in [0.15, 0.2) is 41.2 Å². The third-order valence-electron chi connectivity index (χ3n) is 5.50. The van der Waals surface area contributed by atoms with Crippen LogP contribution >= 0.6 is 0 Å². The van der Waals surface area contributed by atoms with E-state index in [0.717, 1.165) is 5.69 Å². The molecule has 1 aliphatic heterocycles. The van der Waals surface area contributed by atoms with Gasteiger partial charge in [0, 0.05) is 31.9 Å². The van der Waals surface area contributed by atoms with Gasteiger partial charge >= 0.3 is 5.97 Å². The van der Waals surface area contributed by atoms with E-state index in [-0.39, 0.29) is 30.0 Å². The summed E-state index contributed by atoms with van der Waals surface area (Å²) in [5.41, 5.74) is 0.591. The number of ether oxygens (including phenoxy) is 1. The highest BCUT2D eigenvalue weighted by atomic mass is 16.5. The average molecular weight is 441 g/mol. The molecule has 9 nitrogen and oxygen atoms in total. The normalized spacial score (nSPS) is 14.2. The number of hydrogen-bond donors (Lipinski definition) is 0. The highest BCUT2D eigenvalue weighted by molar-refractivity contribution is 5.94. The molecule has 0 aliphatic carbocycles. The van der Waals surface area contributed by atoms with Crippen LogP contribution in [0.5, 0.6) is 0 Å². The second-order valence-corrected chi connectivity index (χ2v) is 7.81. The maximum atomic E-state index is 12.9. The number of carbonyl (C=O) groups excluding carboxylic acids is 3. The standard InChI is InChI=1S/C23H28N4O5/c1-4-32-23(31)17-10-12-26(13-11-17)20(29)15-25(3)22(30)21-19(28)14-16(2)27(24-21)18-8-6-5-7-9-18/h5-9,14,17H,4,10-13,15H2,1-3H3. The molecule has 0 bridgehead atoms. The van der Waals surface area contributed by atoms with Crippen LogP contribution in [-0.2, 0) is 14.3 Å². The highest BCUT2D eigenvalue weighted by Crippen LogP contribution is 2.19. The maximum absolute atomic E-state index is 12.9. The van der Waals surface area contributed by atoms with Crippen LogP contribution in [-0.4, -0.2) is 70.7 Å². The molecule has 0 atom stereocenters. The van der Waals surface area contributed by atoms with Gasteiger partial charge in [0.1, 0.15) is 0 Å². The first-order chi connectivity index (χ1) is 15.3. The molecule has 0 unspecified atom stereocenters. The number of para-hydroxylation sites is 1. The second kappa shape index (κ2) is 10.2. The van der Waals surface area contributed by atoms with E-state index < -0.39 is 11.3 Å². The number of benzene rings is 1. The lowest BCUT2D eigenvalue weighted by Crippen LogP contribution is -2.46. The fraction of sp³-hybridized carbons (Fsp3) is 0.435. The molecule has 9 heteroatoms. The summed E-state index contributed by atoms with van der Waals surface area (Å²) in [5.74, 6) is -1.29. The minimum Gasteiger partial charge on any atom is -0.466 e. The number of hydrogen-bond acceptors (Lipinski definition) is 6. The van der Waals surface area contributed by atoms with Crippen molar-refractivity contribution in [1.82, 2.24) is 19.6 Å². The molecular formula is C23H28N4O5. The summed E-state index contributed by atoms with van der Waals surface area (Å²) in [4.78, 5) is 52.7. The van der Waals surface area contributed by atoms with E-state index in [4.69, 9.17) is 4.74 Å². The third kappa shape index (κ3) is 5.22. The van der Waals surface area contributed by atoms with Gasteiger partial charge in [0.25, 0.3) is 5.91 Å². The van der Waals surface area contributed by atoms with E-state index in [1.165, 1.54) is 22.7 Å². The van der Waals surface area contributed by atoms with Crippen LogP contribution in [0.4, 0.5) is 0 Å². The summed E-state index contributed by atoms with van der Waals surface area (Å²) in [7, 11) is 1.47. The first-order valence-corrected chi connectivity index (χ1v) is 10.7. The van der Waals surface area contributed by atoms with Crippen LogP contribution in [0.2, 0.25) is 0 Å². The van der Waals surface area contributed by atoms with Gasteiger partial charge in [-0.25, -0.2) is 4.68 Å². The zero-order chi connectivity index (χ0) is 23.3. The molecule has 0 N–H and O–H groups in total. The van der Waals surface area contributed by atoms with Gasteiger partial charge in [-0.3, -0.25) is 19.2 Å². The lowest BCUT2D eigenvalue weighted by Gasteiger charge is -2.32. The molecule has 0 spiro atoms. The zero-order valence-electron chi connectivity index (χ0n) is 18.6. The van der Waals surface area contributed by atoms with E-state index in [0.29, 0.717) is 38.2 Å². The number of likely N-dealkylation sites (N-methyl/N-ethyl adjacent to an activating group) is 1. The Hall–Kier alpha value is -3.49. The molecule has 2 amide bonds. The van der Waals surface area contributed by atoms with Gasteiger partial charge in [0.15, 0.2) is 5.69 Å². The molecule has 1 aliphatic rings. The van der Waals surface area contributed by atoms with E-state index in [2.05, 4.69) is 5.10 Å². The summed E-state index contributed by atoms with van der Waals surface area (Å²) in [6, 6.07) is 10.6. The Kier molecular flexibility index (Phi) is 7.40. The smallest absolute Gasteiger partial charge is 0.309 e. The van der Waals surface area contributed by atoms with Crippen molar-refractivity contribution in [3.8, 4) is 5.69 Å². The number of rotatable bonds is 6. The molecule has 32 heavy (non-hydrogen) atoms. The van der Waals surface area contributed by atoms with Crippen LogP contribution in [0, 0.1) is 12.8 Å². The molecule has 2 heterocycles. The number of nitrogens with zero attached hydrogens (tertiary/aromatic N) is 4. The van der Waals surface area contributed by atoms with Gasteiger partial charge in [-0.15, -0.1) is 0 Å². The molecule has 2 aromatic rings. The Morgan fingerprint density at radius 3 is 2.44 bits per heavy atom. The van der Waals surface area contributed by atoms with E-state index >= 15 is 0 Å². The molecular weight excluding hydrogens is 412 g/mol. The summed E-state index contributed by atoms with van der Waals surface area (Å²) in [6.45, 7) is 4.51. The van der Waals surface area contributed by atoms with Crippen molar-refractivity contribution < 1.29 is 19.1 Å². The number of amides is 2. The van der Waals surface area contributed by atoms with Crippen molar-refractivity contribution in [2.24, 2.45) is 5.92 Å². The predicted octanol–water partition coefficient (Wildman–Crippen LogP) is 1.41. The maximum Gasteiger partial charge on any atom is 0.309 e. The minimum absolute atomic E-state index is 0.177. The molecule has 0 radical (unpaired) electrons. The van der Waals surface area contributed by atoms with Crippen molar-refractivity contribution in [2.45, 2.75) is 26.7 Å². The number of esters is 1. The molecule has 0 saturated carbocycles. The van der Waals surface area contributed by atoms with Crippen LogP contribution in [0.25, 0.3) is 5.69 Å². The van der Waals surface area contributed by atoms with Gasteiger partial charge in [0.05, 0.1) is 24.8 Å². The predicted molar refractivity (Wildman–Crippen MR) is 117 cm³/mol. The lowest BCUT2D eigenvalue weighted by atomic mass is 9.97. The van der Waals surface area contributed by atoms with Gasteiger partial charge in [-0.2, -0.15) is 5.10 Å². The number of aromatic nitrogens is 2. The van der Waals surface area contributed by atoms with Crippen molar-refractivity contribution in [2.75, 3.05) is 33.3 Å². The SMILES string of the molecule is CCOC(=O)C1CCN(C(=O)CN(C)C(=O)c2nn(-c3ccccc3)c(C)cc2=O)CC1. The largest absolute Gasteiger partial charge is 0.466 e. The quantitative estimate of drug-likeness (QED) is 0.630. The Morgan fingerprint density at radius 1 is 1.16 bits per heavy atom. The van der Waals surface area contributed by atoms with E-state index in [1.807, 2.05) is 30.3 Å². The summed E-state index contributed by atoms with van der Waals surface area (Å²) in [5, 5.41) is 4.27. The molecule has 1 aromatic heterocycles. The Bertz CT molecular complexity index is 1040. The van der Waals surface area contributed by atoms with Crippen LogP contribution < -0.4 is 5.43 Å². The fourth-order valence-electron chi connectivity index (χ4n) is 3.71. The van der Waals surface area contributed by atoms with E-state index in [9.17, 15) is 19.2 Å². The molecule has 1 aromatic carbocycles. The monoisotopic (exact) mass is 440 g/mol. The van der Waals surface area contributed by atoms with E-state index in [1.54, 1.807) is 18.7 Å². The minimum atomic E-state index is -0.616. The summed E-state index contributed by atoms with van der Waals surface area (Å²) >= 11 is 0. The molecule has 3 rings (SSSR count). The van der Waals surface area contributed by atoms with Gasteiger partial charge < -0.3 is 14.5 Å². The number of carbonyl (C=O) groups is 3. The van der Waals surface area contributed by atoms with Crippen molar-refractivity contribution in [3.05, 3.63) is 58.0 Å². The van der Waals surface area contributed by atoms with Crippen LogP contribution in [0.3, 0.4) is 0 Å². The Labute approximate surface area is 186 Å². The summed E-state index contributed by atoms with van der Waals surface area (Å²) < 4.78 is 6.58. The van der Waals surface area contributed by atoms with Crippen LogP contribution in [0.1, 0.15) is 35.9 Å². The topological polar surface area (TPSA) is 102 Å². The highest BCUT2D eigenvalue weighted by Gasteiger charge is 2.29. The average Bonchev–Trinajstić information content (AvgIpc) is 2.79. The first-order valence-electron chi connectivity index (χ1n) is 10.7. The molecule has 1 saturated heterocycles. The third-order valence-corrected chi connectivity index (χ3v) is 5.50. The molecule has 1 fully saturated rings.